The van der Waals surface area contributed by atoms with Gasteiger partial charge in [-0.05, 0) is 31.6 Å². The van der Waals surface area contributed by atoms with Crippen LogP contribution < -0.4 is 15.1 Å². The van der Waals surface area contributed by atoms with E-state index >= 15 is 0 Å². The monoisotopic (exact) mass is 292 g/mol. The Morgan fingerprint density at radius 1 is 1.00 bits per heavy atom. The maximum absolute atomic E-state index is 9.24. The Kier molecular flexibility index (Phi) is 4.38. The topological polar surface area (TPSA) is 77.4 Å². The summed E-state index contributed by atoms with van der Waals surface area (Å²) < 4.78 is 0. The molecule has 2 saturated heterocycles. The van der Waals surface area contributed by atoms with E-state index in [-0.39, 0.29) is 6.61 Å². The second kappa shape index (κ2) is 6.43. The molecule has 0 unspecified atom stereocenters. The summed E-state index contributed by atoms with van der Waals surface area (Å²) in [7, 11) is 1.84. The van der Waals surface area contributed by atoms with E-state index in [1.807, 2.05) is 7.05 Å². The summed E-state index contributed by atoms with van der Waals surface area (Å²) in [6, 6.07) is 0. The highest BCUT2D eigenvalue weighted by molar-refractivity contribution is 5.45. The average molecular weight is 292 g/mol. The fourth-order valence-corrected chi connectivity index (χ4v) is 2.98. The van der Waals surface area contributed by atoms with Gasteiger partial charge >= 0.3 is 0 Å². The van der Waals surface area contributed by atoms with Crippen molar-refractivity contribution in [1.82, 2.24) is 15.0 Å². The standard InChI is InChI=1S/C14H24N6O/c1-15-12-16-13(19-6-2-3-7-19)18-14(17-12)20-8-4-11(10-21)5-9-20/h11,21H,2-10H2,1H3,(H,15,16,17,18). The van der Waals surface area contributed by atoms with Gasteiger partial charge in [-0.15, -0.1) is 0 Å². The van der Waals surface area contributed by atoms with Gasteiger partial charge in [-0.25, -0.2) is 0 Å². The minimum absolute atomic E-state index is 0.284. The first kappa shape index (κ1) is 14.3. The van der Waals surface area contributed by atoms with Gasteiger partial charge in [0.05, 0.1) is 0 Å². The second-order valence-corrected chi connectivity index (χ2v) is 5.82. The Labute approximate surface area is 125 Å². The molecule has 0 amide bonds. The molecule has 0 spiro atoms. The smallest absolute Gasteiger partial charge is 0.231 e. The highest BCUT2D eigenvalue weighted by Crippen LogP contribution is 2.24. The molecule has 7 nitrogen and oxygen atoms in total. The van der Waals surface area contributed by atoms with Crippen molar-refractivity contribution in [3.05, 3.63) is 0 Å². The Morgan fingerprint density at radius 2 is 1.57 bits per heavy atom. The van der Waals surface area contributed by atoms with Crippen molar-refractivity contribution in [2.45, 2.75) is 25.7 Å². The number of hydrogen-bond acceptors (Lipinski definition) is 7. The van der Waals surface area contributed by atoms with Crippen LogP contribution in [-0.4, -0.2) is 59.9 Å². The molecule has 1 aromatic heterocycles. The summed E-state index contributed by atoms with van der Waals surface area (Å²) in [5, 5.41) is 12.3. The molecule has 0 bridgehead atoms. The first-order valence-corrected chi connectivity index (χ1v) is 7.84. The third-order valence-corrected chi connectivity index (χ3v) is 4.38. The summed E-state index contributed by atoms with van der Waals surface area (Å²) in [5.41, 5.74) is 0. The van der Waals surface area contributed by atoms with Crippen molar-refractivity contribution in [3.8, 4) is 0 Å². The summed E-state index contributed by atoms with van der Waals surface area (Å²) in [4.78, 5) is 18.1. The maximum atomic E-state index is 9.24. The van der Waals surface area contributed by atoms with Crippen LogP contribution in [0.15, 0.2) is 0 Å². The van der Waals surface area contributed by atoms with Gasteiger partial charge in [-0.3, -0.25) is 0 Å². The fourth-order valence-electron chi connectivity index (χ4n) is 2.98. The van der Waals surface area contributed by atoms with Crippen LogP contribution in [0.25, 0.3) is 0 Å². The van der Waals surface area contributed by atoms with Gasteiger partial charge in [0.1, 0.15) is 0 Å². The molecule has 3 rings (SSSR count). The van der Waals surface area contributed by atoms with Crippen LogP contribution in [0.4, 0.5) is 17.8 Å². The molecular weight excluding hydrogens is 268 g/mol. The molecule has 2 N–H and O–H groups in total. The molecule has 7 heteroatoms. The molecule has 1 aromatic rings. The van der Waals surface area contributed by atoms with E-state index < -0.39 is 0 Å². The molecule has 0 aliphatic carbocycles. The number of aliphatic hydroxyl groups is 1. The van der Waals surface area contributed by atoms with Crippen LogP contribution in [0.3, 0.4) is 0 Å². The Hall–Kier alpha value is -1.63. The maximum Gasteiger partial charge on any atom is 0.231 e. The van der Waals surface area contributed by atoms with Gasteiger partial charge < -0.3 is 20.2 Å². The van der Waals surface area contributed by atoms with Gasteiger partial charge in [0.2, 0.25) is 17.8 Å². The van der Waals surface area contributed by atoms with Crippen molar-refractivity contribution in [2.75, 3.05) is 55.0 Å². The lowest BCUT2D eigenvalue weighted by Gasteiger charge is -2.31. The minimum atomic E-state index is 0.284. The molecule has 21 heavy (non-hydrogen) atoms. The van der Waals surface area contributed by atoms with Gasteiger partial charge in [-0.2, -0.15) is 15.0 Å². The molecule has 2 aliphatic heterocycles. The second-order valence-electron chi connectivity index (χ2n) is 5.82. The van der Waals surface area contributed by atoms with E-state index in [2.05, 4.69) is 30.1 Å². The number of aromatic nitrogens is 3. The number of nitrogens with zero attached hydrogens (tertiary/aromatic N) is 5. The van der Waals surface area contributed by atoms with Crippen LogP contribution >= 0.6 is 0 Å². The lowest BCUT2D eigenvalue weighted by Crippen LogP contribution is -2.36. The zero-order valence-electron chi connectivity index (χ0n) is 12.6. The van der Waals surface area contributed by atoms with E-state index in [0.717, 1.165) is 50.9 Å². The number of piperidine rings is 1. The van der Waals surface area contributed by atoms with Crippen molar-refractivity contribution >= 4 is 17.8 Å². The van der Waals surface area contributed by atoms with Crippen molar-refractivity contribution in [1.29, 1.82) is 0 Å². The Bertz CT molecular complexity index is 469. The number of aliphatic hydroxyl groups excluding tert-OH is 1. The van der Waals surface area contributed by atoms with E-state index in [1.165, 1.54) is 12.8 Å². The number of rotatable bonds is 4. The predicted octanol–water partition coefficient (Wildman–Crippen LogP) is 0.722. The molecule has 0 radical (unpaired) electrons. The van der Waals surface area contributed by atoms with Crippen molar-refractivity contribution < 1.29 is 5.11 Å². The van der Waals surface area contributed by atoms with Crippen LogP contribution in [0, 0.1) is 5.92 Å². The third kappa shape index (κ3) is 3.18. The molecule has 116 valence electrons. The zero-order chi connectivity index (χ0) is 14.7. The fraction of sp³-hybridized carbons (Fsp3) is 0.786. The van der Waals surface area contributed by atoms with Gasteiger partial charge in [0.15, 0.2) is 0 Å². The normalized spacial score (nSPS) is 20.1. The summed E-state index contributed by atoms with van der Waals surface area (Å²) in [6.45, 7) is 4.14. The Balaban J connectivity index is 1.79. The van der Waals surface area contributed by atoms with E-state index in [0.29, 0.717) is 11.9 Å². The average Bonchev–Trinajstić information content (AvgIpc) is 3.09. The lowest BCUT2D eigenvalue weighted by molar-refractivity contribution is 0.202. The van der Waals surface area contributed by atoms with Crippen LogP contribution in [-0.2, 0) is 0 Å². The molecule has 3 heterocycles. The number of nitrogens with one attached hydrogen (secondary N) is 1. The highest BCUT2D eigenvalue weighted by atomic mass is 16.3. The van der Waals surface area contributed by atoms with Crippen LogP contribution in [0.2, 0.25) is 0 Å². The van der Waals surface area contributed by atoms with E-state index in [9.17, 15) is 5.11 Å². The molecule has 0 aromatic carbocycles. The first-order chi connectivity index (χ1) is 10.3. The molecule has 2 fully saturated rings. The summed E-state index contributed by atoms with van der Waals surface area (Å²) in [5.74, 6) is 2.59. The van der Waals surface area contributed by atoms with Crippen molar-refractivity contribution in [3.63, 3.8) is 0 Å². The van der Waals surface area contributed by atoms with Crippen LogP contribution in [0.5, 0.6) is 0 Å². The third-order valence-electron chi connectivity index (χ3n) is 4.38. The Morgan fingerprint density at radius 3 is 2.10 bits per heavy atom. The molecule has 0 saturated carbocycles. The van der Waals surface area contributed by atoms with Crippen molar-refractivity contribution in [2.24, 2.45) is 5.92 Å². The molecular formula is C14H24N6O. The minimum Gasteiger partial charge on any atom is -0.396 e. The first-order valence-electron chi connectivity index (χ1n) is 7.84. The van der Waals surface area contributed by atoms with E-state index in [1.54, 1.807) is 0 Å². The van der Waals surface area contributed by atoms with Gasteiger partial charge in [0.25, 0.3) is 0 Å². The van der Waals surface area contributed by atoms with Gasteiger partial charge in [0, 0.05) is 39.8 Å². The number of anilines is 3. The SMILES string of the molecule is CNc1nc(N2CCCC2)nc(N2CCC(CO)CC2)n1. The summed E-state index contributed by atoms with van der Waals surface area (Å²) >= 11 is 0. The largest absolute Gasteiger partial charge is 0.396 e. The number of hydrogen-bond donors (Lipinski definition) is 2. The highest BCUT2D eigenvalue weighted by Gasteiger charge is 2.23. The zero-order valence-corrected chi connectivity index (χ0v) is 12.6. The molecule has 0 atom stereocenters. The van der Waals surface area contributed by atoms with Gasteiger partial charge in [-0.1, -0.05) is 0 Å². The molecule has 2 aliphatic rings. The predicted molar refractivity (Wildman–Crippen MR) is 82.8 cm³/mol. The van der Waals surface area contributed by atoms with Crippen LogP contribution in [0.1, 0.15) is 25.7 Å². The summed E-state index contributed by atoms with van der Waals surface area (Å²) in [6.07, 6.45) is 4.40. The van der Waals surface area contributed by atoms with E-state index in [4.69, 9.17) is 0 Å². The quantitative estimate of drug-likeness (QED) is 0.846. The lowest BCUT2D eigenvalue weighted by atomic mass is 9.98.